The monoisotopic (exact) mass is 571 g/mol. The van der Waals surface area contributed by atoms with Crippen molar-refractivity contribution < 1.29 is 0 Å². The molecule has 1 heterocycles. The molecule has 0 aliphatic heterocycles. The fourth-order valence-electron chi connectivity index (χ4n) is 5.13. The van der Waals surface area contributed by atoms with Gasteiger partial charge in [0.05, 0.1) is 0 Å². The topological polar surface area (TPSA) is 38.7 Å². The predicted octanol–water partition coefficient (Wildman–Crippen LogP) is 10.5. The molecule has 0 saturated heterocycles. The second-order valence-corrected chi connectivity index (χ2v) is 10.7. The summed E-state index contributed by atoms with van der Waals surface area (Å²) in [5, 5.41) is 0.713. The van der Waals surface area contributed by atoms with Gasteiger partial charge in [0.2, 0.25) is 0 Å². The van der Waals surface area contributed by atoms with E-state index < -0.39 is 0 Å². The smallest absolute Gasteiger partial charge is 0.164 e. The van der Waals surface area contributed by atoms with Gasteiger partial charge in [-0.1, -0.05) is 157 Å². The van der Waals surface area contributed by atoms with E-state index in [0.717, 1.165) is 38.9 Å². The molecule has 204 valence electrons. The highest BCUT2D eigenvalue weighted by molar-refractivity contribution is 6.30. The van der Waals surface area contributed by atoms with Crippen LogP contribution in [0.3, 0.4) is 0 Å². The Balaban J connectivity index is 1.28. The normalized spacial score (nSPS) is 10.9. The Bertz CT molecular complexity index is 1890. The number of halogens is 1. The molecule has 0 aliphatic carbocycles. The molecule has 0 unspecified atom stereocenters. The summed E-state index contributed by atoms with van der Waals surface area (Å²) in [6.07, 6.45) is 0. The quantitative estimate of drug-likeness (QED) is 0.199. The highest BCUT2D eigenvalue weighted by atomic mass is 35.5. The van der Waals surface area contributed by atoms with E-state index in [2.05, 4.69) is 127 Å². The van der Waals surface area contributed by atoms with Crippen LogP contribution in [0.25, 0.3) is 67.5 Å². The van der Waals surface area contributed by atoms with E-state index in [-0.39, 0.29) is 0 Å². The molecule has 4 heteroatoms. The van der Waals surface area contributed by atoms with Crippen LogP contribution in [0.15, 0.2) is 158 Å². The van der Waals surface area contributed by atoms with Crippen LogP contribution in [0.1, 0.15) is 0 Å². The zero-order valence-electron chi connectivity index (χ0n) is 23.2. The molecular formula is C39H26ClN3. The van der Waals surface area contributed by atoms with Gasteiger partial charge >= 0.3 is 0 Å². The molecule has 0 N–H and O–H groups in total. The van der Waals surface area contributed by atoms with Gasteiger partial charge < -0.3 is 0 Å². The Hall–Kier alpha value is -5.38. The number of hydrogen-bond acceptors (Lipinski definition) is 3. The van der Waals surface area contributed by atoms with Crippen molar-refractivity contribution in [1.82, 2.24) is 15.0 Å². The zero-order chi connectivity index (χ0) is 29.0. The third-order valence-electron chi connectivity index (χ3n) is 7.44. The number of benzene rings is 6. The molecule has 7 aromatic rings. The van der Waals surface area contributed by atoms with Crippen LogP contribution >= 0.6 is 11.6 Å². The fraction of sp³-hybridized carbons (Fsp3) is 0. The largest absolute Gasteiger partial charge is 0.208 e. The Morgan fingerprint density at radius 3 is 0.953 bits per heavy atom. The first kappa shape index (κ1) is 26.5. The highest BCUT2D eigenvalue weighted by Gasteiger charge is 2.13. The molecule has 0 aliphatic rings. The first-order valence-electron chi connectivity index (χ1n) is 14.1. The molecular weight excluding hydrogens is 546 g/mol. The van der Waals surface area contributed by atoms with E-state index in [4.69, 9.17) is 26.6 Å². The maximum atomic E-state index is 6.24. The van der Waals surface area contributed by atoms with Gasteiger partial charge in [-0.2, -0.15) is 0 Å². The summed E-state index contributed by atoms with van der Waals surface area (Å²) in [6.45, 7) is 0. The van der Waals surface area contributed by atoms with Crippen molar-refractivity contribution in [3.8, 4) is 67.5 Å². The van der Waals surface area contributed by atoms with Crippen molar-refractivity contribution in [2.45, 2.75) is 0 Å². The van der Waals surface area contributed by atoms with Crippen molar-refractivity contribution in [2.75, 3.05) is 0 Å². The maximum Gasteiger partial charge on any atom is 0.164 e. The second-order valence-electron chi connectivity index (χ2n) is 10.3. The molecule has 1 aromatic heterocycles. The van der Waals surface area contributed by atoms with Gasteiger partial charge in [-0.3, -0.25) is 0 Å². The molecule has 0 atom stereocenters. The summed E-state index contributed by atoms with van der Waals surface area (Å²) in [6, 6.07) is 53.6. The SMILES string of the molecule is Clc1cccc(-c2ccc(-c3nc(-c4ccc(-c5ccccc5)cc4)nc(-c4ccc(-c5ccccc5)cc4)n3)cc2)c1. The summed E-state index contributed by atoms with van der Waals surface area (Å²) in [5.41, 5.74) is 9.55. The first-order valence-corrected chi connectivity index (χ1v) is 14.5. The molecule has 0 radical (unpaired) electrons. The van der Waals surface area contributed by atoms with Crippen molar-refractivity contribution >= 4 is 11.6 Å². The van der Waals surface area contributed by atoms with E-state index >= 15 is 0 Å². The number of rotatable bonds is 6. The van der Waals surface area contributed by atoms with E-state index in [1.807, 2.05) is 30.3 Å². The van der Waals surface area contributed by atoms with Crippen LogP contribution in [0.2, 0.25) is 5.02 Å². The van der Waals surface area contributed by atoms with E-state index in [1.165, 1.54) is 11.1 Å². The Labute approximate surface area is 256 Å². The Morgan fingerprint density at radius 1 is 0.279 bits per heavy atom. The average Bonchev–Trinajstić information content (AvgIpc) is 3.09. The lowest BCUT2D eigenvalue weighted by Gasteiger charge is -2.10. The molecule has 7 rings (SSSR count). The van der Waals surface area contributed by atoms with Gasteiger partial charge in [0.15, 0.2) is 17.5 Å². The minimum absolute atomic E-state index is 0.622. The van der Waals surface area contributed by atoms with Crippen LogP contribution in [0, 0.1) is 0 Å². The Kier molecular flexibility index (Phi) is 7.31. The van der Waals surface area contributed by atoms with Crippen molar-refractivity contribution in [3.63, 3.8) is 0 Å². The molecule has 0 saturated carbocycles. The molecule has 43 heavy (non-hydrogen) atoms. The van der Waals surface area contributed by atoms with Gasteiger partial charge in [-0.05, 0) is 45.5 Å². The van der Waals surface area contributed by atoms with E-state index in [9.17, 15) is 0 Å². The number of hydrogen-bond donors (Lipinski definition) is 0. The molecule has 0 bridgehead atoms. The van der Waals surface area contributed by atoms with Crippen LogP contribution in [-0.2, 0) is 0 Å². The molecule has 0 spiro atoms. The van der Waals surface area contributed by atoms with Gasteiger partial charge in [0.25, 0.3) is 0 Å². The van der Waals surface area contributed by atoms with Crippen LogP contribution in [0.4, 0.5) is 0 Å². The summed E-state index contributed by atoms with van der Waals surface area (Å²) in [7, 11) is 0. The average molecular weight is 572 g/mol. The third kappa shape index (κ3) is 5.85. The lowest BCUT2D eigenvalue weighted by atomic mass is 10.0. The standard InChI is InChI=1S/C39H26ClN3/c40-36-13-7-12-35(26-36)31-18-24-34(25-19-31)39-42-37(32-20-14-29(15-21-32)27-8-3-1-4-9-27)41-38(43-39)33-22-16-30(17-23-33)28-10-5-2-6-11-28/h1-26H. The summed E-state index contributed by atoms with van der Waals surface area (Å²) < 4.78 is 0. The predicted molar refractivity (Wildman–Crippen MR) is 177 cm³/mol. The Morgan fingerprint density at radius 2 is 0.581 bits per heavy atom. The summed E-state index contributed by atoms with van der Waals surface area (Å²) >= 11 is 6.24. The lowest BCUT2D eigenvalue weighted by molar-refractivity contribution is 1.07. The molecule has 0 fully saturated rings. The van der Waals surface area contributed by atoms with E-state index in [1.54, 1.807) is 0 Å². The van der Waals surface area contributed by atoms with E-state index in [0.29, 0.717) is 22.5 Å². The van der Waals surface area contributed by atoms with Gasteiger partial charge in [0.1, 0.15) is 0 Å². The van der Waals surface area contributed by atoms with Crippen LogP contribution in [-0.4, -0.2) is 15.0 Å². The minimum Gasteiger partial charge on any atom is -0.208 e. The van der Waals surface area contributed by atoms with Crippen molar-refractivity contribution in [3.05, 3.63) is 163 Å². The van der Waals surface area contributed by atoms with Gasteiger partial charge in [-0.15, -0.1) is 0 Å². The summed E-state index contributed by atoms with van der Waals surface area (Å²) in [4.78, 5) is 14.8. The fourth-order valence-corrected chi connectivity index (χ4v) is 5.32. The zero-order valence-corrected chi connectivity index (χ0v) is 24.0. The molecule has 3 nitrogen and oxygen atoms in total. The van der Waals surface area contributed by atoms with Gasteiger partial charge in [-0.25, -0.2) is 15.0 Å². The minimum atomic E-state index is 0.622. The molecule has 6 aromatic carbocycles. The van der Waals surface area contributed by atoms with Crippen molar-refractivity contribution in [1.29, 1.82) is 0 Å². The number of aromatic nitrogens is 3. The molecule has 0 amide bonds. The third-order valence-corrected chi connectivity index (χ3v) is 7.67. The maximum absolute atomic E-state index is 6.24. The lowest BCUT2D eigenvalue weighted by Crippen LogP contribution is -2.00. The van der Waals surface area contributed by atoms with Crippen LogP contribution in [0.5, 0.6) is 0 Å². The number of nitrogens with zero attached hydrogens (tertiary/aromatic N) is 3. The second kappa shape index (κ2) is 11.8. The highest BCUT2D eigenvalue weighted by Crippen LogP contribution is 2.30. The van der Waals surface area contributed by atoms with Crippen molar-refractivity contribution in [2.24, 2.45) is 0 Å². The van der Waals surface area contributed by atoms with Gasteiger partial charge in [0, 0.05) is 21.7 Å². The van der Waals surface area contributed by atoms with Crippen LogP contribution < -0.4 is 0 Å². The summed E-state index contributed by atoms with van der Waals surface area (Å²) in [5.74, 6) is 1.88. The first-order chi connectivity index (χ1) is 21.2.